The highest BCUT2D eigenvalue weighted by Gasteiger charge is 2.26. The number of rotatable bonds is 4. The van der Waals surface area contributed by atoms with Crippen molar-refractivity contribution in [1.29, 1.82) is 0 Å². The van der Waals surface area contributed by atoms with E-state index in [0.29, 0.717) is 12.8 Å². The molecule has 8 nitrogen and oxygen atoms in total. The van der Waals surface area contributed by atoms with Crippen LogP contribution in [0.2, 0.25) is 0 Å². The number of carboxylic acids is 1. The van der Waals surface area contributed by atoms with E-state index >= 15 is 0 Å². The normalized spacial score (nSPS) is 22.3. The highest BCUT2D eigenvalue weighted by atomic mass is 16.6. The van der Waals surface area contributed by atoms with Crippen molar-refractivity contribution in [2.75, 3.05) is 5.32 Å². The van der Waals surface area contributed by atoms with Crippen LogP contribution < -0.4 is 5.32 Å². The lowest BCUT2D eigenvalue weighted by atomic mass is 10.1. The van der Waals surface area contributed by atoms with Gasteiger partial charge in [0, 0.05) is 12.3 Å². The number of aliphatic hydroxyl groups is 1. The number of carbonyl (C=O) groups is 1. The molecule has 2 atom stereocenters. The Labute approximate surface area is 121 Å². The highest BCUT2D eigenvalue weighted by Crippen LogP contribution is 2.27. The molecule has 0 saturated heterocycles. The minimum atomic E-state index is -1.27. The topological polar surface area (TPSA) is 126 Å². The lowest BCUT2D eigenvalue weighted by Crippen LogP contribution is -2.33. The molecule has 1 aromatic heterocycles. The molecule has 1 aliphatic rings. The third-order valence-electron chi connectivity index (χ3n) is 3.61. The zero-order chi connectivity index (χ0) is 15.4. The summed E-state index contributed by atoms with van der Waals surface area (Å²) in [5.74, 6) is -1.28. The maximum atomic E-state index is 11.1. The van der Waals surface area contributed by atoms with Crippen LogP contribution in [0.4, 0.5) is 11.5 Å². The molecule has 0 aromatic carbocycles. The van der Waals surface area contributed by atoms with Crippen LogP contribution in [-0.2, 0) is 0 Å². The lowest BCUT2D eigenvalue weighted by Gasteiger charge is -2.22. The molecule has 1 aliphatic carbocycles. The van der Waals surface area contributed by atoms with Crippen LogP contribution in [-0.4, -0.2) is 38.2 Å². The number of aromatic carboxylic acids is 1. The smallest absolute Gasteiger partial charge is 0.337 e. The van der Waals surface area contributed by atoms with E-state index in [4.69, 9.17) is 5.11 Å². The third-order valence-corrected chi connectivity index (χ3v) is 3.61. The molecule has 8 heteroatoms. The molecule has 1 saturated carbocycles. The molecule has 0 aliphatic heterocycles. The third kappa shape index (κ3) is 3.66. The molecule has 2 unspecified atom stereocenters. The Morgan fingerprint density at radius 2 is 2.10 bits per heavy atom. The van der Waals surface area contributed by atoms with Gasteiger partial charge in [0.25, 0.3) is 0 Å². The van der Waals surface area contributed by atoms with E-state index in [2.05, 4.69) is 10.3 Å². The van der Waals surface area contributed by atoms with Crippen LogP contribution in [0.15, 0.2) is 12.3 Å². The predicted octanol–water partition coefficient (Wildman–Crippen LogP) is 1.79. The van der Waals surface area contributed by atoms with E-state index in [1.165, 1.54) is 0 Å². The number of pyridine rings is 1. The Kier molecular flexibility index (Phi) is 4.69. The van der Waals surface area contributed by atoms with Gasteiger partial charge in [-0.1, -0.05) is 19.3 Å². The molecule has 1 heterocycles. The summed E-state index contributed by atoms with van der Waals surface area (Å²) in [5.41, 5.74) is -0.639. The van der Waals surface area contributed by atoms with E-state index in [-0.39, 0.29) is 17.4 Å². The average Bonchev–Trinajstić information content (AvgIpc) is 2.64. The average molecular weight is 295 g/mol. The number of nitrogens with zero attached hydrogens (tertiary/aromatic N) is 2. The van der Waals surface area contributed by atoms with Crippen LogP contribution in [0.1, 0.15) is 42.5 Å². The molecule has 0 amide bonds. The standard InChI is InChI=1S/C13H17N3O5/c17-11-5-3-1-2-4-9(11)15-12-10(16(20)21)6-8(7-14-12)13(18)19/h6-7,9,11,17H,1-5H2,(H,14,15)(H,18,19). The summed E-state index contributed by atoms with van der Waals surface area (Å²) < 4.78 is 0. The van der Waals surface area contributed by atoms with Crippen molar-refractivity contribution < 1.29 is 19.9 Å². The summed E-state index contributed by atoms with van der Waals surface area (Å²) in [5, 5.41) is 32.8. The lowest BCUT2D eigenvalue weighted by molar-refractivity contribution is -0.384. The van der Waals surface area contributed by atoms with E-state index in [0.717, 1.165) is 31.5 Å². The number of hydrogen-bond donors (Lipinski definition) is 3. The molecule has 114 valence electrons. The Balaban J connectivity index is 2.26. The fourth-order valence-electron chi connectivity index (χ4n) is 2.45. The van der Waals surface area contributed by atoms with Crippen molar-refractivity contribution in [3.8, 4) is 0 Å². The van der Waals surface area contributed by atoms with E-state index < -0.39 is 22.7 Å². The van der Waals surface area contributed by atoms with Crippen LogP contribution in [0.3, 0.4) is 0 Å². The van der Waals surface area contributed by atoms with E-state index in [1.807, 2.05) is 0 Å². The first-order valence-electron chi connectivity index (χ1n) is 6.81. The van der Waals surface area contributed by atoms with Crippen molar-refractivity contribution in [2.24, 2.45) is 0 Å². The first kappa shape index (κ1) is 15.2. The summed E-state index contributed by atoms with van der Waals surface area (Å²) in [7, 11) is 0. The number of nitro groups is 1. The quantitative estimate of drug-likeness (QED) is 0.439. The first-order chi connectivity index (χ1) is 9.99. The summed E-state index contributed by atoms with van der Waals surface area (Å²) >= 11 is 0. The number of aliphatic hydroxyl groups excluding tert-OH is 1. The van der Waals surface area contributed by atoms with Gasteiger partial charge in [0.2, 0.25) is 5.82 Å². The SMILES string of the molecule is O=C(O)c1cnc(NC2CCCCCC2O)c([N+](=O)[O-])c1. The fourth-order valence-corrected chi connectivity index (χ4v) is 2.45. The fraction of sp³-hybridized carbons (Fsp3) is 0.538. The number of nitrogens with one attached hydrogen (secondary N) is 1. The van der Waals surface area contributed by atoms with Gasteiger partial charge in [0.1, 0.15) is 0 Å². The molecule has 0 bridgehead atoms. The summed E-state index contributed by atoms with van der Waals surface area (Å²) in [6.45, 7) is 0. The van der Waals surface area contributed by atoms with Gasteiger partial charge in [-0.25, -0.2) is 9.78 Å². The van der Waals surface area contributed by atoms with Crippen LogP contribution in [0.5, 0.6) is 0 Å². The largest absolute Gasteiger partial charge is 0.478 e. The van der Waals surface area contributed by atoms with Gasteiger partial charge in [-0.05, 0) is 12.8 Å². The van der Waals surface area contributed by atoms with Crippen molar-refractivity contribution in [3.63, 3.8) is 0 Å². The van der Waals surface area contributed by atoms with Crippen LogP contribution in [0, 0.1) is 10.1 Å². The monoisotopic (exact) mass is 295 g/mol. The number of aromatic nitrogens is 1. The molecule has 1 aromatic rings. The Morgan fingerprint density at radius 3 is 2.76 bits per heavy atom. The molecular weight excluding hydrogens is 278 g/mol. The Bertz CT molecular complexity index is 549. The second kappa shape index (κ2) is 6.49. The van der Waals surface area contributed by atoms with Gasteiger partial charge in [0.15, 0.2) is 0 Å². The maximum Gasteiger partial charge on any atom is 0.337 e. The van der Waals surface area contributed by atoms with Gasteiger partial charge in [-0.3, -0.25) is 10.1 Å². The number of anilines is 1. The zero-order valence-electron chi connectivity index (χ0n) is 11.4. The minimum absolute atomic E-state index is 0.00375. The maximum absolute atomic E-state index is 11.1. The second-order valence-electron chi connectivity index (χ2n) is 5.11. The molecule has 21 heavy (non-hydrogen) atoms. The predicted molar refractivity (Wildman–Crippen MR) is 74.4 cm³/mol. The number of hydrogen-bond acceptors (Lipinski definition) is 6. The van der Waals surface area contributed by atoms with Crippen molar-refractivity contribution in [3.05, 3.63) is 27.9 Å². The number of carboxylic acid groups (broad SMARTS) is 1. The highest BCUT2D eigenvalue weighted by molar-refractivity contribution is 5.88. The molecule has 3 N–H and O–H groups in total. The van der Waals surface area contributed by atoms with Crippen LogP contribution in [0.25, 0.3) is 0 Å². The van der Waals surface area contributed by atoms with Gasteiger partial charge < -0.3 is 15.5 Å². The Hall–Kier alpha value is -2.22. The summed E-state index contributed by atoms with van der Waals surface area (Å²) in [6, 6.07) is 0.662. The summed E-state index contributed by atoms with van der Waals surface area (Å²) in [6.07, 6.45) is 4.68. The van der Waals surface area contributed by atoms with E-state index in [9.17, 15) is 20.0 Å². The van der Waals surface area contributed by atoms with Crippen molar-refractivity contribution in [1.82, 2.24) is 4.98 Å². The molecule has 0 spiro atoms. The first-order valence-corrected chi connectivity index (χ1v) is 6.81. The minimum Gasteiger partial charge on any atom is -0.478 e. The summed E-state index contributed by atoms with van der Waals surface area (Å²) in [4.78, 5) is 25.1. The van der Waals surface area contributed by atoms with Crippen molar-refractivity contribution in [2.45, 2.75) is 44.2 Å². The Morgan fingerprint density at radius 1 is 1.38 bits per heavy atom. The van der Waals surface area contributed by atoms with E-state index in [1.54, 1.807) is 0 Å². The molecule has 1 fully saturated rings. The van der Waals surface area contributed by atoms with Gasteiger partial charge in [0.05, 0.1) is 22.6 Å². The molecule has 0 radical (unpaired) electrons. The second-order valence-corrected chi connectivity index (χ2v) is 5.11. The van der Waals surface area contributed by atoms with Gasteiger partial charge >= 0.3 is 11.7 Å². The van der Waals surface area contributed by atoms with Crippen molar-refractivity contribution >= 4 is 17.5 Å². The van der Waals surface area contributed by atoms with Crippen LogP contribution >= 0.6 is 0 Å². The van der Waals surface area contributed by atoms with Gasteiger partial charge in [-0.15, -0.1) is 0 Å². The zero-order valence-corrected chi connectivity index (χ0v) is 11.4. The molecule has 2 rings (SSSR count). The van der Waals surface area contributed by atoms with Gasteiger partial charge in [-0.2, -0.15) is 0 Å². The molecular formula is C13H17N3O5.